The molecule has 0 radical (unpaired) electrons. The van der Waals surface area contributed by atoms with Crippen LogP contribution in [0.1, 0.15) is 16.2 Å². The zero-order valence-electron chi connectivity index (χ0n) is 9.61. The number of carboxylic acid groups (broad SMARTS) is 1. The number of hydrogen-bond donors (Lipinski definition) is 1. The molecule has 0 saturated heterocycles. The first-order valence-electron chi connectivity index (χ1n) is 5.40. The molecule has 0 atom stereocenters. The highest BCUT2D eigenvalue weighted by molar-refractivity contribution is 5.90. The van der Waals surface area contributed by atoms with E-state index in [1.165, 1.54) is 9.08 Å². The minimum Gasteiger partial charge on any atom is -0.476 e. The number of carbonyl (C=O) groups is 1. The number of fused-ring (bicyclic) bond motifs is 1. The predicted octanol–water partition coefficient (Wildman–Crippen LogP) is 1.53. The molecule has 0 bridgehead atoms. The number of imidazole rings is 1. The molecule has 6 nitrogen and oxygen atoms in total. The van der Waals surface area contributed by atoms with Gasteiger partial charge in [-0.2, -0.15) is 5.10 Å². The van der Waals surface area contributed by atoms with Gasteiger partial charge in [-0.1, -0.05) is 6.07 Å². The summed E-state index contributed by atoms with van der Waals surface area (Å²) in [7, 11) is 0. The first-order valence-corrected chi connectivity index (χ1v) is 5.40. The van der Waals surface area contributed by atoms with Gasteiger partial charge in [0.25, 0.3) is 0 Å². The maximum atomic E-state index is 11.4. The molecule has 3 rings (SSSR count). The highest BCUT2D eigenvalue weighted by atomic mass is 16.4. The molecule has 0 aliphatic carbocycles. The lowest BCUT2D eigenvalue weighted by Crippen LogP contribution is -2.07. The standard InChI is InChI=1S/C12H10N4O2/c1-8-5-7-16(14-8)11-10(12(17)18)15-6-3-2-4-9(15)13-11/h2-7H,1H3,(H,17,18). The molecule has 3 heterocycles. The largest absolute Gasteiger partial charge is 0.476 e. The summed E-state index contributed by atoms with van der Waals surface area (Å²) < 4.78 is 3.01. The second kappa shape index (κ2) is 3.69. The molecule has 0 fully saturated rings. The van der Waals surface area contributed by atoms with Gasteiger partial charge in [0, 0.05) is 12.4 Å². The van der Waals surface area contributed by atoms with Gasteiger partial charge < -0.3 is 5.11 Å². The van der Waals surface area contributed by atoms with Crippen LogP contribution in [0, 0.1) is 6.92 Å². The molecule has 0 spiro atoms. The van der Waals surface area contributed by atoms with Crippen LogP contribution in [-0.2, 0) is 0 Å². The molecule has 0 aromatic carbocycles. The smallest absolute Gasteiger partial charge is 0.356 e. The summed E-state index contributed by atoms with van der Waals surface area (Å²) >= 11 is 0. The van der Waals surface area contributed by atoms with Crippen LogP contribution in [-0.4, -0.2) is 30.2 Å². The van der Waals surface area contributed by atoms with E-state index in [9.17, 15) is 9.90 Å². The van der Waals surface area contributed by atoms with E-state index in [4.69, 9.17) is 0 Å². The average molecular weight is 242 g/mol. The zero-order valence-corrected chi connectivity index (χ0v) is 9.61. The van der Waals surface area contributed by atoms with E-state index in [0.29, 0.717) is 11.5 Å². The fourth-order valence-electron chi connectivity index (χ4n) is 1.87. The van der Waals surface area contributed by atoms with Gasteiger partial charge in [-0.15, -0.1) is 0 Å². The second-order valence-electron chi connectivity index (χ2n) is 3.92. The first-order chi connectivity index (χ1) is 8.66. The van der Waals surface area contributed by atoms with Crippen molar-refractivity contribution < 1.29 is 9.90 Å². The molecular formula is C12H10N4O2. The van der Waals surface area contributed by atoms with Crippen LogP contribution in [0.3, 0.4) is 0 Å². The number of nitrogens with zero attached hydrogens (tertiary/aromatic N) is 4. The van der Waals surface area contributed by atoms with E-state index in [-0.39, 0.29) is 5.69 Å². The Morgan fingerprint density at radius 3 is 2.78 bits per heavy atom. The molecule has 1 N–H and O–H groups in total. The van der Waals surface area contributed by atoms with Crippen molar-refractivity contribution in [2.75, 3.05) is 0 Å². The van der Waals surface area contributed by atoms with Crippen LogP contribution in [0.4, 0.5) is 0 Å². The Balaban J connectivity index is 2.34. The Bertz CT molecular complexity index is 741. The third kappa shape index (κ3) is 1.46. The number of pyridine rings is 1. The predicted molar refractivity (Wildman–Crippen MR) is 64.0 cm³/mol. The molecule has 0 aliphatic rings. The lowest BCUT2D eigenvalue weighted by atomic mass is 10.4. The Hall–Kier alpha value is -2.63. The van der Waals surface area contributed by atoms with Gasteiger partial charge in [-0.3, -0.25) is 4.40 Å². The van der Waals surface area contributed by atoms with Gasteiger partial charge in [0.1, 0.15) is 5.65 Å². The zero-order chi connectivity index (χ0) is 12.7. The van der Waals surface area contributed by atoms with Gasteiger partial charge in [0.15, 0.2) is 11.5 Å². The minimum absolute atomic E-state index is 0.105. The van der Waals surface area contributed by atoms with Crippen LogP contribution in [0.25, 0.3) is 11.5 Å². The number of aryl methyl sites for hydroxylation is 1. The lowest BCUT2D eigenvalue weighted by Gasteiger charge is -1.99. The molecule has 6 heteroatoms. The van der Waals surface area contributed by atoms with Crippen LogP contribution in [0.2, 0.25) is 0 Å². The molecule has 0 aliphatic heterocycles. The number of rotatable bonds is 2. The summed E-state index contributed by atoms with van der Waals surface area (Å²) in [5.74, 6) is -0.710. The molecule has 0 unspecified atom stereocenters. The normalized spacial score (nSPS) is 10.9. The van der Waals surface area contributed by atoms with Crippen LogP contribution in [0.5, 0.6) is 0 Å². The summed E-state index contributed by atoms with van der Waals surface area (Å²) in [6.07, 6.45) is 3.37. The lowest BCUT2D eigenvalue weighted by molar-refractivity contribution is 0.0689. The van der Waals surface area contributed by atoms with Crippen LogP contribution >= 0.6 is 0 Å². The molecule has 3 aromatic rings. The maximum Gasteiger partial charge on any atom is 0.356 e. The van der Waals surface area contributed by atoms with Crippen molar-refractivity contribution in [3.8, 4) is 5.82 Å². The number of aromatic nitrogens is 4. The van der Waals surface area contributed by atoms with Gasteiger partial charge in [0.05, 0.1) is 5.69 Å². The van der Waals surface area contributed by atoms with Crippen LogP contribution < -0.4 is 0 Å². The van der Waals surface area contributed by atoms with Crippen molar-refractivity contribution in [3.63, 3.8) is 0 Å². The summed E-state index contributed by atoms with van der Waals surface area (Å²) in [4.78, 5) is 15.7. The van der Waals surface area contributed by atoms with Crippen LogP contribution in [0.15, 0.2) is 36.7 Å². The fourth-order valence-corrected chi connectivity index (χ4v) is 1.87. The first kappa shape index (κ1) is 10.5. The van der Waals surface area contributed by atoms with Crippen molar-refractivity contribution in [2.45, 2.75) is 6.92 Å². The Labute approximate surface area is 102 Å². The van der Waals surface area contributed by atoms with Gasteiger partial charge in [-0.05, 0) is 25.1 Å². The van der Waals surface area contributed by atoms with Crippen molar-refractivity contribution in [1.82, 2.24) is 19.2 Å². The highest BCUT2D eigenvalue weighted by Gasteiger charge is 2.20. The van der Waals surface area contributed by atoms with E-state index in [1.807, 2.05) is 13.0 Å². The second-order valence-corrected chi connectivity index (χ2v) is 3.92. The molecule has 3 aromatic heterocycles. The number of carboxylic acids is 1. The molecule has 0 saturated carbocycles. The quantitative estimate of drug-likeness (QED) is 0.739. The molecule has 90 valence electrons. The summed E-state index contributed by atoms with van der Waals surface area (Å²) in [5.41, 5.74) is 1.50. The number of aromatic carboxylic acids is 1. The molecule has 18 heavy (non-hydrogen) atoms. The summed E-state index contributed by atoms with van der Waals surface area (Å²) in [6.45, 7) is 1.84. The third-order valence-corrected chi connectivity index (χ3v) is 2.65. The molecule has 0 amide bonds. The Kier molecular flexibility index (Phi) is 2.16. The summed E-state index contributed by atoms with van der Waals surface area (Å²) in [5, 5.41) is 13.5. The minimum atomic E-state index is -1.03. The van der Waals surface area contributed by atoms with E-state index >= 15 is 0 Å². The van der Waals surface area contributed by atoms with Crippen molar-refractivity contribution in [1.29, 1.82) is 0 Å². The van der Waals surface area contributed by atoms with E-state index in [0.717, 1.165) is 5.69 Å². The Morgan fingerprint density at radius 1 is 1.28 bits per heavy atom. The molecular weight excluding hydrogens is 232 g/mol. The van der Waals surface area contributed by atoms with Gasteiger partial charge >= 0.3 is 5.97 Å². The average Bonchev–Trinajstić information content (AvgIpc) is 2.91. The topological polar surface area (TPSA) is 72.4 Å². The fraction of sp³-hybridized carbons (Fsp3) is 0.0833. The van der Waals surface area contributed by atoms with E-state index in [2.05, 4.69) is 10.1 Å². The Morgan fingerprint density at radius 2 is 2.11 bits per heavy atom. The van der Waals surface area contributed by atoms with Crippen molar-refractivity contribution >= 4 is 11.6 Å². The monoisotopic (exact) mass is 242 g/mol. The highest BCUT2D eigenvalue weighted by Crippen LogP contribution is 2.16. The maximum absolute atomic E-state index is 11.4. The van der Waals surface area contributed by atoms with Crippen molar-refractivity contribution in [2.24, 2.45) is 0 Å². The van der Waals surface area contributed by atoms with E-state index < -0.39 is 5.97 Å². The third-order valence-electron chi connectivity index (χ3n) is 2.65. The van der Waals surface area contributed by atoms with E-state index in [1.54, 1.807) is 30.6 Å². The SMILES string of the molecule is Cc1ccn(-c2nc3ccccn3c2C(=O)O)n1. The summed E-state index contributed by atoms with van der Waals surface area (Å²) in [6, 6.07) is 7.13. The van der Waals surface area contributed by atoms with Gasteiger partial charge in [0.2, 0.25) is 0 Å². The number of hydrogen-bond acceptors (Lipinski definition) is 3. The van der Waals surface area contributed by atoms with Gasteiger partial charge in [-0.25, -0.2) is 14.5 Å². The van der Waals surface area contributed by atoms with Crippen molar-refractivity contribution in [3.05, 3.63) is 48.0 Å².